The van der Waals surface area contributed by atoms with Crippen LogP contribution in [0.1, 0.15) is 0 Å². The van der Waals surface area contributed by atoms with E-state index in [2.05, 4.69) is 10.4 Å². The maximum absolute atomic E-state index is 9.79. The number of nitrogens with one attached hydrogen (secondary N) is 2. The topological polar surface area (TPSA) is 129 Å². The van der Waals surface area contributed by atoms with Crippen molar-refractivity contribution in [1.29, 1.82) is 5.41 Å². The summed E-state index contributed by atoms with van der Waals surface area (Å²) in [6.45, 7) is 0. The minimum atomic E-state index is -4.55. The van der Waals surface area contributed by atoms with Crippen molar-refractivity contribution in [2.24, 2.45) is 5.73 Å². The largest absolute Gasteiger partial charge is 0.491 e. The average Bonchev–Trinajstić information content (AvgIpc) is 1.59. The molecule has 0 amide bonds. The zero-order valence-corrected chi connectivity index (χ0v) is 5.13. The van der Waals surface area contributed by atoms with Crippen LogP contribution in [0, 0.1) is 5.41 Å². The molecule has 0 aliphatic heterocycles. The number of hydroxylamine groups is 1. The van der Waals surface area contributed by atoms with E-state index >= 15 is 0 Å². The second kappa shape index (κ2) is 4.89. The summed E-state index contributed by atoms with van der Waals surface area (Å²) in [7, 11) is -4.55. The molecule has 0 spiro atoms. The molecule has 0 aromatic rings. The fourth-order valence-electron chi connectivity index (χ4n) is 0.109. The van der Waals surface area contributed by atoms with Crippen molar-refractivity contribution in [3.8, 4) is 0 Å². The lowest BCUT2D eigenvalue weighted by molar-refractivity contribution is 0.162. The quantitative estimate of drug-likeness (QED) is 0.106. The lowest BCUT2D eigenvalue weighted by atomic mass is 11.1. The zero-order valence-electron chi connectivity index (χ0n) is 4.24. The van der Waals surface area contributed by atoms with Gasteiger partial charge >= 0.3 is 30.9 Å². The molecule has 0 fully saturated rings. The highest BCUT2D eigenvalue weighted by molar-refractivity contribution is 7.46. The number of guanidine groups is 1. The Morgan fingerprint density at radius 1 is 1.70 bits per heavy atom. The first-order chi connectivity index (χ1) is 3.92. The van der Waals surface area contributed by atoms with Gasteiger partial charge in [0, 0.05) is 0 Å². The molecule has 10 heavy (non-hydrogen) atoms. The first kappa shape index (κ1) is 12.8. The predicted octanol–water partition coefficient (Wildman–Crippen LogP) is -2.42. The molecule has 0 saturated carbocycles. The van der Waals surface area contributed by atoms with Crippen LogP contribution in [0.3, 0.4) is 0 Å². The van der Waals surface area contributed by atoms with Gasteiger partial charge in [-0.15, -0.1) is 0 Å². The Morgan fingerprint density at radius 3 is 2.20 bits per heavy atom. The number of rotatable bonds is 2. The van der Waals surface area contributed by atoms with Gasteiger partial charge in [-0.1, -0.05) is 0 Å². The van der Waals surface area contributed by atoms with E-state index < -0.39 is 13.8 Å². The molecule has 0 rings (SSSR count). The minimum absolute atomic E-state index is 0. The standard InChI is InChI=1S/CH6N3O4P.Mg.2H/c2-1(3)4-8-9(5,6)7;;;/h(H4,2,3,4)(H2,5,6,7);;;. The normalized spacial score (nSPS) is 9.80. The molecule has 0 saturated heterocycles. The minimum Gasteiger partial charge on any atom is -0.368 e. The van der Waals surface area contributed by atoms with Crippen LogP contribution in [0.5, 0.6) is 0 Å². The average molecular weight is 181 g/mol. The number of phosphoric acid groups is 1. The molecule has 0 unspecified atom stereocenters. The first-order valence-corrected chi connectivity index (χ1v) is 3.29. The van der Waals surface area contributed by atoms with E-state index in [4.69, 9.17) is 15.2 Å². The molecule has 0 aliphatic rings. The summed E-state index contributed by atoms with van der Waals surface area (Å²) in [5.41, 5.74) is 6.09. The van der Waals surface area contributed by atoms with Gasteiger partial charge in [-0.25, -0.2) is 10.0 Å². The van der Waals surface area contributed by atoms with Crippen molar-refractivity contribution in [1.82, 2.24) is 5.48 Å². The third-order valence-corrected chi connectivity index (χ3v) is 0.604. The lowest BCUT2D eigenvalue weighted by Gasteiger charge is -2.03. The monoisotopic (exact) mass is 181 g/mol. The van der Waals surface area contributed by atoms with Gasteiger partial charge in [0.1, 0.15) is 0 Å². The van der Waals surface area contributed by atoms with E-state index in [9.17, 15) is 4.57 Å². The van der Waals surface area contributed by atoms with E-state index in [1.54, 1.807) is 0 Å². The molecular weight excluding hydrogens is 173 g/mol. The molecule has 0 radical (unpaired) electrons. The SMILES string of the molecule is N=C(N)NOP(=O)(O)O.[MgH2]. The van der Waals surface area contributed by atoms with Crippen molar-refractivity contribution in [3.05, 3.63) is 0 Å². The maximum atomic E-state index is 9.79. The third-order valence-electron chi connectivity index (χ3n) is 0.275. The van der Waals surface area contributed by atoms with Gasteiger partial charge in [0.05, 0.1) is 0 Å². The molecule has 6 N–H and O–H groups in total. The van der Waals surface area contributed by atoms with Gasteiger partial charge in [-0.2, -0.15) is 4.62 Å². The van der Waals surface area contributed by atoms with Crippen molar-refractivity contribution < 1.29 is 19.0 Å². The number of nitrogens with two attached hydrogens (primary N) is 1. The Hall–Kier alpha value is 0.146. The molecule has 7 nitrogen and oxygen atoms in total. The van der Waals surface area contributed by atoms with Crippen LogP contribution in [0.2, 0.25) is 0 Å². The van der Waals surface area contributed by atoms with E-state index in [-0.39, 0.29) is 23.1 Å². The van der Waals surface area contributed by atoms with Gasteiger partial charge < -0.3 is 15.5 Å². The molecule has 0 bridgehead atoms. The molecule has 0 aliphatic carbocycles. The Kier molecular flexibility index (Phi) is 6.25. The third kappa shape index (κ3) is 11.0. The highest BCUT2D eigenvalue weighted by atomic mass is 31.2. The summed E-state index contributed by atoms with van der Waals surface area (Å²) in [4.78, 5) is 15.9. The fraction of sp³-hybridized carbons (Fsp3) is 0. The summed E-state index contributed by atoms with van der Waals surface area (Å²) in [5, 5.41) is 6.37. The van der Waals surface area contributed by atoms with Crippen LogP contribution in [0.25, 0.3) is 0 Å². The van der Waals surface area contributed by atoms with Crippen molar-refractivity contribution in [2.75, 3.05) is 0 Å². The smallest absolute Gasteiger partial charge is 0.368 e. The van der Waals surface area contributed by atoms with Crippen molar-refractivity contribution >= 4 is 36.8 Å². The van der Waals surface area contributed by atoms with E-state index in [0.29, 0.717) is 0 Å². The van der Waals surface area contributed by atoms with E-state index in [0.717, 1.165) is 0 Å². The second-order valence-corrected chi connectivity index (χ2v) is 2.26. The van der Waals surface area contributed by atoms with Crippen LogP contribution >= 0.6 is 7.82 Å². The summed E-state index contributed by atoms with van der Waals surface area (Å²) in [6, 6.07) is 0. The summed E-state index contributed by atoms with van der Waals surface area (Å²) in [5.74, 6) is -0.668. The lowest BCUT2D eigenvalue weighted by Crippen LogP contribution is -2.29. The number of hydrogen-bond donors (Lipinski definition) is 5. The van der Waals surface area contributed by atoms with Crippen molar-refractivity contribution in [2.45, 2.75) is 0 Å². The van der Waals surface area contributed by atoms with Gasteiger partial charge in [0.2, 0.25) is 5.96 Å². The molecule has 0 heterocycles. The summed E-state index contributed by atoms with van der Waals surface area (Å²) >= 11 is 0. The second-order valence-electron chi connectivity index (χ2n) is 1.10. The van der Waals surface area contributed by atoms with Gasteiger partial charge in [0.25, 0.3) is 0 Å². The molecular formula is CH8MgN3O4P. The van der Waals surface area contributed by atoms with Gasteiger partial charge in [-0.05, 0) is 0 Å². The Balaban J connectivity index is 0. The maximum Gasteiger partial charge on any atom is 0.491 e. The molecule has 0 aromatic heterocycles. The van der Waals surface area contributed by atoms with Crippen LogP contribution in [-0.4, -0.2) is 38.8 Å². The summed E-state index contributed by atoms with van der Waals surface area (Å²) < 4.78 is 13.4. The highest BCUT2D eigenvalue weighted by Crippen LogP contribution is 2.33. The Bertz CT molecular complexity index is 155. The van der Waals surface area contributed by atoms with Crippen molar-refractivity contribution in [3.63, 3.8) is 0 Å². The van der Waals surface area contributed by atoms with Gasteiger partial charge in [-0.3, -0.25) is 5.41 Å². The zero-order chi connectivity index (χ0) is 7.49. The van der Waals surface area contributed by atoms with Crippen LogP contribution < -0.4 is 11.2 Å². The summed E-state index contributed by atoms with van der Waals surface area (Å²) in [6.07, 6.45) is 0. The van der Waals surface area contributed by atoms with Crippen LogP contribution in [0.4, 0.5) is 0 Å². The first-order valence-electron chi connectivity index (χ1n) is 1.76. The highest BCUT2D eigenvalue weighted by Gasteiger charge is 2.13. The van der Waals surface area contributed by atoms with Gasteiger partial charge in [0.15, 0.2) is 0 Å². The van der Waals surface area contributed by atoms with E-state index in [1.807, 2.05) is 0 Å². The molecule has 58 valence electrons. The van der Waals surface area contributed by atoms with E-state index in [1.165, 1.54) is 5.48 Å². The molecule has 9 heteroatoms. The molecule has 0 aromatic carbocycles. The van der Waals surface area contributed by atoms with Crippen LogP contribution in [0.15, 0.2) is 0 Å². The Labute approximate surface area is 72.8 Å². The predicted molar refractivity (Wildman–Crippen MR) is 36.7 cm³/mol. The fourth-order valence-corrected chi connectivity index (χ4v) is 0.326. The number of hydrogen-bond acceptors (Lipinski definition) is 3. The Morgan fingerprint density at radius 2 is 2.10 bits per heavy atom. The van der Waals surface area contributed by atoms with Crippen LogP contribution in [-0.2, 0) is 9.19 Å². The molecule has 0 atom stereocenters.